The molecule has 0 N–H and O–H groups in total. The predicted molar refractivity (Wildman–Crippen MR) is 241 cm³/mol. The molecule has 0 radical (unpaired) electrons. The molecule has 3 aromatic rings. The summed E-state index contributed by atoms with van der Waals surface area (Å²) in [5, 5.41) is 30.0. The summed E-state index contributed by atoms with van der Waals surface area (Å²) < 4.78 is 1.15. The van der Waals surface area contributed by atoms with Gasteiger partial charge in [-0.1, -0.05) is 212 Å². The zero-order chi connectivity index (χ0) is 41.2. The zero-order valence-corrected chi connectivity index (χ0v) is 38.7. The first-order valence-corrected chi connectivity index (χ1v) is 23.9. The zero-order valence-electron chi connectivity index (χ0n) is 36.5. The number of unbranched alkanes of at least 4 members (excludes halogenated alkanes) is 28. The van der Waals surface area contributed by atoms with Crippen molar-refractivity contribution in [1.82, 2.24) is 4.98 Å². The van der Waals surface area contributed by atoms with Gasteiger partial charge in [0, 0.05) is 33.6 Å². The Morgan fingerprint density at radius 1 is 0.534 bits per heavy atom. The van der Waals surface area contributed by atoms with Gasteiger partial charge in [0.25, 0.3) is 5.91 Å². The number of carboxylic acid groups (broad SMARTS) is 2. The fraction of sp³-hybridized carbons (Fsp3) is 0.708. The van der Waals surface area contributed by atoms with E-state index in [-0.39, 0.29) is 41.8 Å². The number of hydrogen-bond donors (Lipinski definition) is 0. The fourth-order valence-corrected chi connectivity index (χ4v) is 8.41. The van der Waals surface area contributed by atoms with Gasteiger partial charge in [-0.15, -0.1) is 21.6 Å². The van der Waals surface area contributed by atoms with Gasteiger partial charge in [0.15, 0.2) is 0 Å². The SMILES string of the molecule is CCCCCCCCCCCCCCCCCC(=O)[O-].CCCCCCCCCCCCCCCCCC(=O)[O-].O=C1N=Nc2c1cnc1sc3ccccc3c21.[Mg+2]. The van der Waals surface area contributed by atoms with E-state index in [0.717, 1.165) is 46.0 Å². The average Bonchev–Trinajstić information content (AvgIpc) is 3.78. The monoisotopic (exact) mass is 830 g/mol. The molecule has 4 rings (SSSR count). The summed E-state index contributed by atoms with van der Waals surface area (Å²) in [7, 11) is 0. The number of pyridine rings is 1. The maximum absolute atomic E-state index is 11.5. The van der Waals surface area contributed by atoms with Crippen molar-refractivity contribution in [2.45, 2.75) is 219 Å². The topological polar surface area (TPSA) is 135 Å². The average molecular weight is 831 g/mol. The van der Waals surface area contributed by atoms with Crippen molar-refractivity contribution >= 4 is 78.2 Å². The van der Waals surface area contributed by atoms with Crippen LogP contribution >= 0.6 is 11.3 Å². The number of azo groups is 1. The van der Waals surface area contributed by atoms with E-state index >= 15 is 0 Å². The van der Waals surface area contributed by atoms with Crippen LogP contribution in [0, 0.1) is 0 Å². The second-order valence-corrected chi connectivity index (χ2v) is 17.0. The first-order chi connectivity index (χ1) is 27.9. The first-order valence-electron chi connectivity index (χ1n) is 23.0. The number of hydrogen-bond acceptors (Lipinski definition) is 8. The minimum atomic E-state index is -0.903. The molecule has 10 heteroatoms. The van der Waals surface area contributed by atoms with Gasteiger partial charge in [0.2, 0.25) is 0 Å². The maximum Gasteiger partial charge on any atom is 2.00 e. The summed E-state index contributed by atoms with van der Waals surface area (Å²) in [6, 6.07) is 8.03. The Bertz CT molecular complexity index is 1500. The number of carboxylic acids is 2. The minimum Gasteiger partial charge on any atom is -0.550 e. The Kier molecular flexibility index (Phi) is 33.6. The van der Waals surface area contributed by atoms with Crippen molar-refractivity contribution in [2.75, 3.05) is 0 Å². The van der Waals surface area contributed by atoms with E-state index in [9.17, 15) is 24.6 Å². The number of amides is 1. The van der Waals surface area contributed by atoms with E-state index in [2.05, 4.69) is 29.1 Å². The normalized spacial score (nSPS) is 11.5. The third kappa shape index (κ3) is 25.2. The minimum absolute atomic E-state index is 0. The van der Waals surface area contributed by atoms with Gasteiger partial charge in [-0.3, -0.25) is 4.79 Å². The van der Waals surface area contributed by atoms with Gasteiger partial charge in [-0.2, -0.15) is 0 Å². The van der Waals surface area contributed by atoms with Crippen LogP contribution in [-0.2, 0) is 9.59 Å². The van der Waals surface area contributed by atoms with Gasteiger partial charge in [0.1, 0.15) is 10.5 Å². The molecule has 0 spiro atoms. The molecule has 1 aliphatic rings. The molecule has 0 fully saturated rings. The van der Waals surface area contributed by atoms with Gasteiger partial charge in [-0.25, -0.2) is 4.98 Å². The number of carbonyl (C=O) groups is 3. The first kappa shape index (κ1) is 53.6. The Hall–Kier alpha value is -2.43. The molecule has 58 heavy (non-hydrogen) atoms. The molecule has 1 amide bonds. The molecule has 0 aliphatic carbocycles. The van der Waals surface area contributed by atoms with Crippen LogP contribution < -0.4 is 10.2 Å². The number of nitrogens with zero attached hydrogens (tertiary/aromatic N) is 3. The molecular formula is C48H75MgN3O5S. The summed E-state index contributed by atoms with van der Waals surface area (Å²) in [6.07, 6.45) is 41.3. The molecule has 8 nitrogen and oxygen atoms in total. The summed E-state index contributed by atoms with van der Waals surface area (Å²) in [5.41, 5.74) is 1.17. The smallest absolute Gasteiger partial charge is 0.550 e. The summed E-state index contributed by atoms with van der Waals surface area (Å²) in [6.45, 7) is 4.53. The van der Waals surface area contributed by atoms with E-state index < -0.39 is 11.9 Å². The third-order valence-corrected chi connectivity index (χ3v) is 11.9. The van der Waals surface area contributed by atoms with Gasteiger partial charge in [0.05, 0.1) is 5.56 Å². The predicted octanol–water partition coefficient (Wildman–Crippen LogP) is 13.3. The van der Waals surface area contributed by atoms with Crippen LogP contribution in [0.15, 0.2) is 40.7 Å². The number of aromatic nitrogens is 1. The van der Waals surface area contributed by atoms with Crippen molar-refractivity contribution < 1.29 is 24.6 Å². The van der Waals surface area contributed by atoms with Crippen LogP contribution in [0.5, 0.6) is 0 Å². The molecule has 0 unspecified atom stereocenters. The number of rotatable bonds is 32. The van der Waals surface area contributed by atoms with Crippen molar-refractivity contribution in [1.29, 1.82) is 0 Å². The summed E-state index contributed by atoms with van der Waals surface area (Å²) in [5.74, 6) is -2.11. The number of aliphatic carboxylic acids is 2. The Morgan fingerprint density at radius 3 is 1.28 bits per heavy atom. The molecule has 2 aromatic heterocycles. The quantitative estimate of drug-likeness (QED) is 0.0454. The van der Waals surface area contributed by atoms with E-state index in [1.165, 1.54) is 167 Å². The Balaban J connectivity index is 0.000000431. The standard InChI is InChI=1S/2C18H36O2.C12H5N3OS.Mg/c2*1-2-3-4-5-6-7-8-9-10-11-12-13-14-15-16-17-18(19)20;16-11-7-5-13-12-9(10(7)14-15-11)6-3-1-2-4-8(6)17-12;/h2*2-17H2,1H3,(H,19,20);1-5H;/q;;;+2/p-2. The third-order valence-electron chi connectivity index (χ3n) is 10.8. The fourth-order valence-electron chi connectivity index (χ4n) is 7.36. The van der Waals surface area contributed by atoms with E-state index in [0.29, 0.717) is 11.3 Å². The van der Waals surface area contributed by atoms with Crippen LogP contribution in [0.2, 0.25) is 0 Å². The maximum atomic E-state index is 11.5. The van der Waals surface area contributed by atoms with Crippen molar-refractivity contribution in [3.05, 3.63) is 36.0 Å². The molecular weight excluding hydrogens is 755 g/mol. The molecule has 1 aromatic carbocycles. The van der Waals surface area contributed by atoms with Crippen molar-refractivity contribution in [3.63, 3.8) is 0 Å². The molecule has 0 bridgehead atoms. The molecule has 0 saturated heterocycles. The van der Waals surface area contributed by atoms with E-state index in [1.54, 1.807) is 17.5 Å². The van der Waals surface area contributed by atoms with Gasteiger partial charge >= 0.3 is 23.1 Å². The molecule has 0 atom stereocenters. The van der Waals surface area contributed by atoms with Gasteiger partial charge < -0.3 is 19.8 Å². The van der Waals surface area contributed by atoms with Crippen molar-refractivity contribution in [3.8, 4) is 0 Å². The second-order valence-electron chi connectivity index (χ2n) is 15.9. The van der Waals surface area contributed by atoms with Crippen LogP contribution in [0.4, 0.5) is 5.69 Å². The summed E-state index contributed by atoms with van der Waals surface area (Å²) in [4.78, 5) is 37.1. The van der Waals surface area contributed by atoms with Crippen molar-refractivity contribution in [2.24, 2.45) is 10.2 Å². The number of benzene rings is 1. The largest absolute Gasteiger partial charge is 2.00 e. The van der Waals surface area contributed by atoms with E-state index in [1.807, 2.05) is 24.3 Å². The van der Waals surface area contributed by atoms with E-state index in [4.69, 9.17) is 0 Å². The molecule has 1 aliphatic heterocycles. The number of fused-ring (bicyclic) bond motifs is 5. The van der Waals surface area contributed by atoms with Crippen LogP contribution in [0.1, 0.15) is 230 Å². The molecule has 320 valence electrons. The number of thiophene rings is 1. The van der Waals surface area contributed by atoms with Crippen LogP contribution in [-0.4, -0.2) is 45.9 Å². The van der Waals surface area contributed by atoms with Gasteiger partial charge in [-0.05, 0) is 31.7 Å². The second kappa shape index (κ2) is 36.4. The summed E-state index contributed by atoms with van der Waals surface area (Å²) >= 11 is 1.60. The van der Waals surface area contributed by atoms with Crippen LogP contribution in [0.25, 0.3) is 20.3 Å². The Labute approximate surface area is 371 Å². The van der Waals surface area contributed by atoms with Crippen LogP contribution in [0.3, 0.4) is 0 Å². The Morgan fingerprint density at radius 2 is 0.897 bits per heavy atom. The molecule has 0 saturated carbocycles. The number of carbonyl (C=O) groups excluding carboxylic acids is 3. The molecule has 3 heterocycles.